The van der Waals surface area contributed by atoms with E-state index in [4.69, 9.17) is 0 Å². The number of benzene rings is 2. The van der Waals surface area contributed by atoms with Gasteiger partial charge in [0.2, 0.25) is 5.91 Å². The van der Waals surface area contributed by atoms with Gasteiger partial charge in [0.15, 0.2) is 0 Å². The zero-order valence-electron chi connectivity index (χ0n) is 14.8. The van der Waals surface area contributed by atoms with Gasteiger partial charge in [0.05, 0.1) is 0 Å². The van der Waals surface area contributed by atoms with Gasteiger partial charge in [-0.1, -0.05) is 24.3 Å². The molecule has 5 heteroatoms. The van der Waals surface area contributed by atoms with Crippen LogP contribution < -0.4 is 5.32 Å². The lowest BCUT2D eigenvalue weighted by Crippen LogP contribution is -2.41. The molecule has 0 spiro atoms. The van der Waals surface area contributed by atoms with Gasteiger partial charge < -0.3 is 5.32 Å². The fourth-order valence-corrected chi connectivity index (χ4v) is 3.72. The summed E-state index contributed by atoms with van der Waals surface area (Å²) in [6.45, 7) is 2.29. The molecule has 2 aliphatic rings. The van der Waals surface area contributed by atoms with E-state index in [0.717, 1.165) is 10.8 Å². The van der Waals surface area contributed by atoms with E-state index in [0.29, 0.717) is 29.9 Å². The zero-order chi connectivity index (χ0) is 18.3. The van der Waals surface area contributed by atoms with E-state index in [1.54, 1.807) is 12.1 Å². The van der Waals surface area contributed by atoms with Gasteiger partial charge in [0.25, 0.3) is 11.8 Å². The molecule has 0 unspecified atom stereocenters. The largest absolute Gasteiger partial charge is 0.353 e. The smallest absolute Gasteiger partial charge is 0.261 e. The van der Waals surface area contributed by atoms with Crippen molar-refractivity contribution in [3.05, 3.63) is 47.5 Å². The second kappa shape index (κ2) is 6.56. The molecule has 0 radical (unpaired) electrons. The summed E-state index contributed by atoms with van der Waals surface area (Å²) < 4.78 is 0. The second-order valence-electron chi connectivity index (χ2n) is 7.27. The Morgan fingerprint density at radius 2 is 1.73 bits per heavy atom. The first-order valence-electron chi connectivity index (χ1n) is 9.23. The van der Waals surface area contributed by atoms with Crippen LogP contribution in [0.1, 0.15) is 53.3 Å². The summed E-state index contributed by atoms with van der Waals surface area (Å²) in [7, 11) is 0. The minimum absolute atomic E-state index is 0.0104. The molecule has 1 aliphatic carbocycles. The Kier molecular flexibility index (Phi) is 4.23. The molecule has 26 heavy (non-hydrogen) atoms. The number of nitrogens with zero attached hydrogens (tertiary/aromatic N) is 1. The number of carbonyl (C=O) groups excluding carboxylic acids is 3. The fraction of sp³-hybridized carbons (Fsp3) is 0.381. The first-order chi connectivity index (χ1) is 12.6. The molecule has 0 saturated heterocycles. The minimum atomic E-state index is -0.272. The molecule has 1 saturated carbocycles. The monoisotopic (exact) mass is 350 g/mol. The quantitative estimate of drug-likeness (QED) is 0.814. The average molecular weight is 350 g/mol. The number of nitrogens with one attached hydrogen (secondary N) is 1. The third kappa shape index (κ3) is 2.98. The maximum Gasteiger partial charge on any atom is 0.261 e. The number of hydrogen-bond acceptors (Lipinski definition) is 3. The average Bonchev–Trinajstić information content (AvgIpc) is 3.47. The highest BCUT2D eigenvalue weighted by Gasteiger charge is 2.32. The van der Waals surface area contributed by atoms with Crippen molar-refractivity contribution in [1.29, 1.82) is 0 Å². The number of imide groups is 1. The maximum atomic E-state index is 12.8. The molecular formula is C21H22N2O3. The van der Waals surface area contributed by atoms with Gasteiger partial charge in [0.1, 0.15) is 0 Å². The molecule has 3 amide bonds. The first-order valence-corrected chi connectivity index (χ1v) is 9.23. The van der Waals surface area contributed by atoms with Crippen molar-refractivity contribution in [2.75, 3.05) is 6.54 Å². The van der Waals surface area contributed by atoms with E-state index in [1.165, 1.54) is 17.7 Å². The van der Waals surface area contributed by atoms with Crippen molar-refractivity contribution in [2.45, 2.75) is 38.6 Å². The van der Waals surface area contributed by atoms with E-state index in [1.807, 2.05) is 31.2 Å². The third-order valence-corrected chi connectivity index (χ3v) is 5.36. The van der Waals surface area contributed by atoms with Crippen LogP contribution >= 0.6 is 0 Å². The molecule has 2 aromatic rings. The number of hydrogen-bond donors (Lipinski definition) is 1. The summed E-state index contributed by atoms with van der Waals surface area (Å²) in [6, 6.07) is 11.2. The van der Waals surface area contributed by atoms with E-state index in [2.05, 4.69) is 5.32 Å². The van der Waals surface area contributed by atoms with Crippen molar-refractivity contribution in [3.63, 3.8) is 0 Å². The van der Waals surface area contributed by atoms with Gasteiger partial charge in [-0.05, 0) is 49.6 Å². The highest BCUT2D eigenvalue weighted by molar-refractivity contribution is 6.25. The molecule has 0 aromatic heterocycles. The Morgan fingerprint density at radius 1 is 1.12 bits per heavy atom. The molecule has 1 fully saturated rings. The van der Waals surface area contributed by atoms with Crippen LogP contribution in [0.4, 0.5) is 0 Å². The zero-order valence-corrected chi connectivity index (χ0v) is 14.8. The number of carbonyl (C=O) groups is 3. The lowest BCUT2D eigenvalue weighted by Gasteiger charge is -2.27. The van der Waals surface area contributed by atoms with E-state index in [-0.39, 0.29) is 30.3 Å². The third-order valence-electron chi connectivity index (χ3n) is 5.36. The molecular weight excluding hydrogens is 328 g/mol. The topological polar surface area (TPSA) is 66.5 Å². The lowest BCUT2D eigenvalue weighted by molar-refractivity contribution is -0.122. The van der Waals surface area contributed by atoms with Gasteiger partial charge in [-0.25, -0.2) is 0 Å². The lowest BCUT2D eigenvalue weighted by atomic mass is 9.94. The van der Waals surface area contributed by atoms with Gasteiger partial charge >= 0.3 is 0 Å². The summed E-state index contributed by atoms with van der Waals surface area (Å²) in [5.74, 6) is 0.0575. The fourth-order valence-electron chi connectivity index (χ4n) is 3.72. The Labute approximate surface area is 152 Å². The summed E-state index contributed by atoms with van der Waals surface area (Å²) in [6.07, 6.45) is 3.16. The molecule has 5 nitrogen and oxygen atoms in total. The van der Waals surface area contributed by atoms with Gasteiger partial charge in [0, 0.05) is 35.5 Å². The standard InChI is InChI=1S/C21H22N2O3/c1-13(14-10-11-14)22-18(24)9-4-12-23-20(25)16-7-2-5-15-6-3-8-17(19(15)16)21(23)26/h2-3,5-8,13-14H,4,9-12H2,1H3,(H,22,24)/t13-/m0/s1. The molecule has 1 aliphatic heterocycles. The SMILES string of the molecule is C[C@H](NC(=O)CCCN1C(=O)c2cccc3cccc(c23)C1=O)C1CC1. The van der Waals surface area contributed by atoms with Gasteiger partial charge in [-0.3, -0.25) is 19.3 Å². The van der Waals surface area contributed by atoms with Crippen LogP contribution in [0.2, 0.25) is 0 Å². The normalized spacial score (nSPS) is 17.5. The second-order valence-corrected chi connectivity index (χ2v) is 7.27. The Bertz CT molecular complexity index is 851. The molecule has 1 N–H and O–H groups in total. The van der Waals surface area contributed by atoms with Crippen LogP contribution in [0.25, 0.3) is 10.8 Å². The van der Waals surface area contributed by atoms with Crippen LogP contribution in [0.15, 0.2) is 36.4 Å². The molecule has 1 atom stereocenters. The minimum Gasteiger partial charge on any atom is -0.353 e. The van der Waals surface area contributed by atoms with Gasteiger partial charge in [-0.2, -0.15) is 0 Å². The van der Waals surface area contributed by atoms with E-state index in [9.17, 15) is 14.4 Å². The highest BCUT2D eigenvalue weighted by Crippen LogP contribution is 2.32. The van der Waals surface area contributed by atoms with Crippen molar-refractivity contribution in [3.8, 4) is 0 Å². The summed E-state index contributed by atoms with van der Waals surface area (Å²) in [4.78, 5) is 38.9. The van der Waals surface area contributed by atoms with Crippen molar-refractivity contribution in [1.82, 2.24) is 10.2 Å². The molecule has 134 valence electrons. The molecule has 4 rings (SSSR count). The highest BCUT2D eigenvalue weighted by atomic mass is 16.2. The predicted molar refractivity (Wildman–Crippen MR) is 98.9 cm³/mol. The summed E-state index contributed by atoms with van der Waals surface area (Å²) in [5.41, 5.74) is 1.12. The summed E-state index contributed by atoms with van der Waals surface area (Å²) >= 11 is 0. The van der Waals surface area contributed by atoms with Crippen LogP contribution in [0.3, 0.4) is 0 Å². The van der Waals surface area contributed by atoms with E-state index < -0.39 is 0 Å². The summed E-state index contributed by atoms with van der Waals surface area (Å²) in [5, 5.41) is 4.64. The van der Waals surface area contributed by atoms with Crippen LogP contribution in [0.5, 0.6) is 0 Å². The van der Waals surface area contributed by atoms with Crippen LogP contribution in [-0.2, 0) is 4.79 Å². The van der Waals surface area contributed by atoms with E-state index >= 15 is 0 Å². The van der Waals surface area contributed by atoms with Crippen molar-refractivity contribution < 1.29 is 14.4 Å². The van der Waals surface area contributed by atoms with Gasteiger partial charge in [-0.15, -0.1) is 0 Å². The first kappa shape index (κ1) is 16.8. The van der Waals surface area contributed by atoms with Crippen molar-refractivity contribution in [2.24, 2.45) is 5.92 Å². The molecule has 2 aromatic carbocycles. The van der Waals surface area contributed by atoms with Crippen LogP contribution in [0, 0.1) is 5.92 Å². The number of rotatable bonds is 6. The Morgan fingerprint density at radius 3 is 2.31 bits per heavy atom. The van der Waals surface area contributed by atoms with Crippen molar-refractivity contribution >= 4 is 28.5 Å². The predicted octanol–water partition coefficient (Wildman–Crippen LogP) is 3.13. The number of amides is 3. The molecule has 0 bridgehead atoms. The maximum absolute atomic E-state index is 12.8. The Balaban J connectivity index is 1.44. The van der Waals surface area contributed by atoms with Crippen LogP contribution in [-0.4, -0.2) is 35.2 Å². The molecule has 1 heterocycles. The Hall–Kier alpha value is -2.69.